The van der Waals surface area contributed by atoms with Crippen LogP contribution >= 0.6 is 0 Å². The highest BCUT2D eigenvalue weighted by molar-refractivity contribution is 5.81. The van der Waals surface area contributed by atoms with Gasteiger partial charge in [0, 0.05) is 19.0 Å². The molecule has 1 fully saturated rings. The molecule has 92 valence electrons. The summed E-state index contributed by atoms with van der Waals surface area (Å²) in [4.78, 5) is 15.8. The van der Waals surface area contributed by atoms with Crippen molar-refractivity contribution < 1.29 is 4.79 Å². The van der Waals surface area contributed by atoms with Gasteiger partial charge >= 0.3 is 0 Å². The van der Waals surface area contributed by atoms with Crippen molar-refractivity contribution in [2.75, 3.05) is 18.8 Å². The molecule has 1 saturated heterocycles. The first-order valence-electron chi connectivity index (χ1n) is 6.17. The molecule has 17 heavy (non-hydrogen) atoms. The highest BCUT2D eigenvalue weighted by atomic mass is 16.1. The van der Waals surface area contributed by atoms with Crippen LogP contribution in [-0.4, -0.2) is 23.9 Å². The van der Waals surface area contributed by atoms with Crippen molar-refractivity contribution in [3.63, 3.8) is 0 Å². The quantitative estimate of drug-likeness (QED) is 0.819. The summed E-state index contributed by atoms with van der Waals surface area (Å²) in [6.07, 6.45) is 5.15. The molecule has 1 aliphatic heterocycles. The fraction of sp³-hybridized carbons (Fsp3) is 0.538. The van der Waals surface area contributed by atoms with Crippen molar-refractivity contribution in [1.82, 2.24) is 10.3 Å². The molecule has 4 heteroatoms. The van der Waals surface area contributed by atoms with Crippen LogP contribution in [0.5, 0.6) is 0 Å². The largest absolute Gasteiger partial charge is 0.384 e. The predicted molar refractivity (Wildman–Crippen MR) is 67.6 cm³/mol. The van der Waals surface area contributed by atoms with Gasteiger partial charge in [-0.15, -0.1) is 0 Å². The van der Waals surface area contributed by atoms with Crippen LogP contribution in [0, 0.1) is 5.92 Å². The van der Waals surface area contributed by atoms with Gasteiger partial charge in [-0.3, -0.25) is 4.79 Å². The molecule has 0 saturated carbocycles. The number of nitrogens with one attached hydrogen (secondary N) is 1. The Balaban J connectivity index is 1.84. The number of hydrogen-bond donors (Lipinski definition) is 2. The Kier molecular flexibility index (Phi) is 4.09. The van der Waals surface area contributed by atoms with E-state index in [-0.39, 0.29) is 0 Å². The zero-order valence-electron chi connectivity index (χ0n) is 9.98. The summed E-state index contributed by atoms with van der Waals surface area (Å²) in [5, 5.41) is 3.33. The zero-order chi connectivity index (χ0) is 12.1. The summed E-state index contributed by atoms with van der Waals surface area (Å²) in [6.45, 7) is 2.07. The second-order valence-corrected chi connectivity index (χ2v) is 4.72. The number of anilines is 1. The van der Waals surface area contributed by atoms with Gasteiger partial charge in [-0.05, 0) is 49.5 Å². The van der Waals surface area contributed by atoms with E-state index in [0.717, 1.165) is 25.1 Å². The number of nitrogens with zero attached hydrogens (tertiary/aromatic N) is 1. The van der Waals surface area contributed by atoms with Crippen LogP contribution in [0.1, 0.15) is 24.8 Å². The lowest BCUT2D eigenvalue weighted by atomic mass is 9.92. The lowest BCUT2D eigenvalue weighted by Crippen LogP contribution is -2.31. The van der Waals surface area contributed by atoms with Gasteiger partial charge in [0.05, 0.1) is 0 Å². The van der Waals surface area contributed by atoms with Gasteiger partial charge in [-0.1, -0.05) is 0 Å². The second kappa shape index (κ2) is 5.77. The average Bonchev–Trinajstić information content (AvgIpc) is 2.30. The van der Waals surface area contributed by atoms with E-state index < -0.39 is 0 Å². The number of rotatable bonds is 4. The van der Waals surface area contributed by atoms with Crippen LogP contribution in [0.2, 0.25) is 0 Å². The summed E-state index contributed by atoms with van der Waals surface area (Å²) in [5.74, 6) is 1.29. The Morgan fingerprint density at radius 2 is 2.47 bits per heavy atom. The molecule has 0 spiro atoms. The van der Waals surface area contributed by atoms with E-state index in [1.807, 2.05) is 6.07 Å². The average molecular weight is 233 g/mol. The van der Waals surface area contributed by atoms with Gasteiger partial charge in [0.1, 0.15) is 11.6 Å². The molecule has 0 radical (unpaired) electrons. The van der Waals surface area contributed by atoms with Crippen molar-refractivity contribution in [3.05, 3.63) is 23.9 Å². The van der Waals surface area contributed by atoms with E-state index in [9.17, 15) is 4.79 Å². The third-order valence-electron chi connectivity index (χ3n) is 3.16. The standard InChI is InChI=1S/C13H19N3O/c14-13-8-10(3-5-16-13)6-12(17)7-11-2-1-4-15-9-11/h3,5,8,11,15H,1-2,4,6-7,9H2,(H2,14,16). The van der Waals surface area contributed by atoms with E-state index in [2.05, 4.69) is 10.3 Å². The number of hydrogen-bond acceptors (Lipinski definition) is 4. The molecule has 0 aliphatic carbocycles. The highest BCUT2D eigenvalue weighted by Crippen LogP contribution is 2.16. The number of carbonyl (C=O) groups excluding carboxylic acids is 1. The fourth-order valence-corrected chi connectivity index (χ4v) is 2.32. The lowest BCUT2D eigenvalue weighted by Gasteiger charge is -2.21. The molecule has 2 rings (SSSR count). The molecule has 3 N–H and O–H groups in total. The van der Waals surface area contributed by atoms with Crippen LogP contribution in [0.25, 0.3) is 0 Å². The molecule has 1 unspecified atom stereocenters. The summed E-state index contributed by atoms with van der Waals surface area (Å²) in [7, 11) is 0. The van der Waals surface area contributed by atoms with Crippen LogP contribution < -0.4 is 11.1 Å². The number of nitrogen functional groups attached to an aromatic ring is 1. The molecule has 1 aromatic rings. The Morgan fingerprint density at radius 3 is 3.18 bits per heavy atom. The first-order valence-corrected chi connectivity index (χ1v) is 6.17. The maximum atomic E-state index is 11.9. The molecule has 1 aromatic heterocycles. The molecule has 0 bridgehead atoms. The predicted octanol–water partition coefficient (Wildman–Crippen LogP) is 1.17. The number of aromatic nitrogens is 1. The zero-order valence-corrected chi connectivity index (χ0v) is 9.98. The second-order valence-electron chi connectivity index (χ2n) is 4.72. The summed E-state index contributed by atoms with van der Waals surface area (Å²) in [6, 6.07) is 3.63. The Bertz CT molecular complexity index is 386. The smallest absolute Gasteiger partial charge is 0.137 e. The van der Waals surface area contributed by atoms with E-state index in [4.69, 9.17) is 5.73 Å². The number of ketones is 1. The van der Waals surface area contributed by atoms with Crippen LogP contribution in [0.4, 0.5) is 5.82 Å². The molecular formula is C13H19N3O. The molecular weight excluding hydrogens is 214 g/mol. The molecule has 4 nitrogen and oxygen atoms in total. The maximum absolute atomic E-state index is 11.9. The van der Waals surface area contributed by atoms with E-state index in [0.29, 0.717) is 30.4 Å². The summed E-state index contributed by atoms with van der Waals surface area (Å²) >= 11 is 0. The summed E-state index contributed by atoms with van der Waals surface area (Å²) in [5.41, 5.74) is 6.55. The number of carbonyl (C=O) groups is 1. The van der Waals surface area contributed by atoms with Crippen molar-refractivity contribution in [1.29, 1.82) is 0 Å². The number of pyridine rings is 1. The van der Waals surface area contributed by atoms with Crippen molar-refractivity contribution in [2.24, 2.45) is 5.92 Å². The van der Waals surface area contributed by atoms with Crippen LogP contribution in [0.3, 0.4) is 0 Å². The minimum atomic E-state index is 0.296. The Labute approximate surface area is 102 Å². The van der Waals surface area contributed by atoms with Gasteiger partial charge in [0.25, 0.3) is 0 Å². The third kappa shape index (κ3) is 3.82. The summed E-state index contributed by atoms with van der Waals surface area (Å²) < 4.78 is 0. The molecule has 1 aliphatic rings. The topological polar surface area (TPSA) is 68.0 Å². The van der Waals surface area contributed by atoms with Crippen LogP contribution in [0.15, 0.2) is 18.3 Å². The van der Waals surface area contributed by atoms with Gasteiger partial charge in [0.15, 0.2) is 0 Å². The fourth-order valence-electron chi connectivity index (χ4n) is 2.32. The third-order valence-corrected chi connectivity index (χ3v) is 3.16. The Morgan fingerprint density at radius 1 is 1.59 bits per heavy atom. The van der Waals surface area contributed by atoms with Gasteiger partial charge in [-0.2, -0.15) is 0 Å². The van der Waals surface area contributed by atoms with Crippen molar-refractivity contribution in [2.45, 2.75) is 25.7 Å². The molecule has 1 atom stereocenters. The normalized spacial score (nSPS) is 20.1. The van der Waals surface area contributed by atoms with E-state index in [1.165, 1.54) is 6.42 Å². The van der Waals surface area contributed by atoms with Crippen LogP contribution in [-0.2, 0) is 11.2 Å². The first kappa shape index (κ1) is 12.0. The van der Waals surface area contributed by atoms with Crippen molar-refractivity contribution in [3.8, 4) is 0 Å². The van der Waals surface area contributed by atoms with E-state index >= 15 is 0 Å². The van der Waals surface area contributed by atoms with E-state index in [1.54, 1.807) is 12.3 Å². The molecule has 2 heterocycles. The number of nitrogens with two attached hydrogens (primary N) is 1. The minimum absolute atomic E-state index is 0.296. The number of piperidine rings is 1. The van der Waals surface area contributed by atoms with Gasteiger partial charge in [0.2, 0.25) is 0 Å². The molecule has 0 aromatic carbocycles. The monoisotopic (exact) mass is 233 g/mol. The SMILES string of the molecule is Nc1cc(CC(=O)CC2CCCNC2)ccn1. The van der Waals surface area contributed by atoms with Crippen molar-refractivity contribution >= 4 is 11.6 Å². The Hall–Kier alpha value is -1.42. The number of Topliss-reactive ketones (excluding diaryl/α,β-unsaturated/α-hetero) is 1. The minimum Gasteiger partial charge on any atom is -0.384 e. The maximum Gasteiger partial charge on any atom is 0.137 e. The van der Waals surface area contributed by atoms with Gasteiger partial charge < -0.3 is 11.1 Å². The molecule has 0 amide bonds. The first-order chi connectivity index (χ1) is 8.24. The lowest BCUT2D eigenvalue weighted by molar-refractivity contribution is -0.119. The highest BCUT2D eigenvalue weighted by Gasteiger charge is 2.16. The van der Waals surface area contributed by atoms with Gasteiger partial charge in [-0.25, -0.2) is 4.98 Å².